The van der Waals surface area contributed by atoms with Gasteiger partial charge in [-0.25, -0.2) is 5.48 Å². The average molecular weight is 490 g/mol. The molecule has 0 atom stereocenters. The first-order valence-corrected chi connectivity index (χ1v) is 10.9. The summed E-state index contributed by atoms with van der Waals surface area (Å²) in [7, 11) is 0. The van der Waals surface area contributed by atoms with E-state index in [0.29, 0.717) is 42.9 Å². The number of hydrogen-bond acceptors (Lipinski definition) is 8. The SMILES string of the molecule is CCNC(=O)c1noc(-c2cc(Cl)c(O)cc2O)c1-c1ccc(OCCCCC(=O)NO)cc1. The molecular weight excluding hydrogens is 466 g/mol. The van der Waals surface area contributed by atoms with E-state index in [9.17, 15) is 19.8 Å². The molecule has 0 aliphatic rings. The van der Waals surface area contributed by atoms with Gasteiger partial charge in [0, 0.05) is 19.0 Å². The van der Waals surface area contributed by atoms with Crippen molar-refractivity contribution in [1.82, 2.24) is 16.0 Å². The summed E-state index contributed by atoms with van der Waals surface area (Å²) < 4.78 is 11.1. The van der Waals surface area contributed by atoms with Gasteiger partial charge in [0.2, 0.25) is 5.91 Å². The van der Waals surface area contributed by atoms with Crippen molar-refractivity contribution in [3.63, 3.8) is 0 Å². The van der Waals surface area contributed by atoms with Crippen molar-refractivity contribution < 1.29 is 34.3 Å². The van der Waals surface area contributed by atoms with E-state index in [1.54, 1.807) is 36.7 Å². The Hall–Kier alpha value is -3.76. The van der Waals surface area contributed by atoms with Crippen molar-refractivity contribution >= 4 is 23.4 Å². The second-order valence-electron chi connectivity index (χ2n) is 7.28. The lowest BCUT2D eigenvalue weighted by atomic mass is 9.98. The molecule has 0 fully saturated rings. The van der Waals surface area contributed by atoms with Crippen LogP contribution in [0.2, 0.25) is 5.02 Å². The minimum absolute atomic E-state index is 0.00470. The van der Waals surface area contributed by atoms with E-state index in [-0.39, 0.29) is 40.0 Å². The molecule has 10 nitrogen and oxygen atoms in total. The number of halogens is 1. The zero-order valence-electron chi connectivity index (χ0n) is 18.3. The number of aromatic hydroxyl groups is 2. The summed E-state index contributed by atoms with van der Waals surface area (Å²) in [5.41, 5.74) is 2.68. The van der Waals surface area contributed by atoms with Crippen molar-refractivity contribution in [2.45, 2.75) is 26.2 Å². The van der Waals surface area contributed by atoms with Crippen LogP contribution in [-0.2, 0) is 4.79 Å². The fourth-order valence-corrected chi connectivity index (χ4v) is 3.39. The summed E-state index contributed by atoms with van der Waals surface area (Å²) in [5, 5.41) is 35.2. The van der Waals surface area contributed by atoms with Crippen LogP contribution >= 0.6 is 11.6 Å². The van der Waals surface area contributed by atoms with Crippen LogP contribution in [0.15, 0.2) is 40.9 Å². The highest BCUT2D eigenvalue weighted by Gasteiger charge is 2.26. The van der Waals surface area contributed by atoms with Crippen LogP contribution in [0.25, 0.3) is 22.5 Å². The molecule has 3 rings (SSSR count). The molecule has 2 amide bonds. The highest BCUT2D eigenvalue weighted by atomic mass is 35.5. The number of benzene rings is 2. The van der Waals surface area contributed by atoms with Gasteiger partial charge in [-0.2, -0.15) is 0 Å². The summed E-state index contributed by atoms with van der Waals surface area (Å²) in [5.74, 6) is -0.815. The summed E-state index contributed by atoms with van der Waals surface area (Å²) in [6, 6.07) is 9.25. The van der Waals surface area contributed by atoms with Gasteiger partial charge in [0.25, 0.3) is 5.91 Å². The molecular formula is C23H24ClN3O7. The first kappa shape index (κ1) is 24.9. The second-order valence-corrected chi connectivity index (χ2v) is 7.69. The molecule has 0 aliphatic carbocycles. The van der Waals surface area contributed by atoms with Gasteiger partial charge < -0.3 is 24.8 Å². The Morgan fingerprint density at radius 3 is 2.53 bits per heavy atom. The number of carbonyl (C=O) groups excluding carboxylic acids is 2. The Morgan fingerprint density at radius 2 is 1.85 bits per heavy atom. The quantitative estimate of drug-likeness (QED) is 0.163. The van der Waals surface area contributed by atoms with Gasteiger partial charge in [0.15, 0.2) is 11.5 Å². The lowest BCUT2D eigenvalue weighted by Gasteiger charge is -2.09. The van der Waals surface area contributed by atoms with Gasteiger partial charge in [0.05, 0.1) is 22.8 Å². The van der Waals surface area contributed by atoms with Crippen molar-refractivity contribution in [2.75, 3.05) is 13.2 Å². The number of phenols is 2. The first-order valence-electron chi connectivity index (χ1n) is 10.5. The van der Waals surface area contributed by atoms with Crippen LogP contribution in [0.3, 0.4) is 0 Å². The van der Waals surface area contributed by atoms with Crippen molar-refractivity contribution in [1.29, 1.82) is 0 Å². The minimum atomic E-state index is -0.455. The Balaban J connectivity index is 1.87. The van der Waals surface area contributed by atoms with E-state index in [1.807, 2.05) is 0 Å². The Kier molecular flexibility index (Phi) is 8.34. The summed E-state index contributed by atoms with van der Waals surface area (Å²) in [6.07, 6.45) is 1.38. The number of carbonyl (C=O) groups is 2. The fraction of sp³-hybridized carbons (Fsp3) is 0.261. The van der Waals surface area contributed by atoms with Gasteiger partial charge in [-0.1, -0.05) is 28.9 Å². The number of nitrogens with zero attached hydrogens (tertiary/aromatic N) is 1. The molecule has 0 saturated heterocycles. The molecule has 0 saturated carbocycles. The molecule has 0 unspecified atom stereocenters. The van der Waals surface area contributed by atoms with Crippen molar-refractivity contribution in [2.24, 2.45) is 0 Å². The van der Waals surface area contributed by atoms with E-state index in [2.05, 4.69) is 10.5 Å². The van der Waals surface area contributed by atoms with E-state index >= 15 is 0 Å². The van der Waals surface area contributed by atoms with Crippen LogP contribution in [0, 0.1) is 0 Å². The number of amides is 2. The van der Waals surface area contributed by atoms with E-state index < -0.39 is 11.8 Å². The molecule has 0 aliphatic heterocycles. The summed E-state index contributed by atoms with van der Waals surface area (Å²) >= 11 is 6.02. The van der Waals surface area contributed by atoms with Crippen LogP contribution < -0.4 is 15.5 Å². The third-order valence-corrected chi connectivity index (χ3v) is 5.19. The molecule has 0 spiro atoms. The maximum atomic E-state index is 12.6. The Labute approximate surface area is 200 Å². The van der Waals surface area contributed by atoms with Crippen LogP contribution in [0.5, 0.6) is 17.2 Å². The number of nitrogens with one attached hydrogen (secondary N) is 2. The van der Waals surface area contributed by atoms with E-state index in [0.717, 1.165) is 6.07 Å². The normalized spacial score (nSPS) is 10.7. The number of hydroxylamine groups is 1. The van der Waals surface area contributed by atoms with Crippen molar-refractivity contribution in [3.8, 4) is 39.7 Å². The number of ether oxygens (including phenoxy) is 1. The maximum absolute atomic E-state index is 12.6. The number of rotatable bonds is 10. The second kappa shape index (κ2) is 11.4. The zero-order chi connectivity index (χ0) is 24.7. The molecule has 1 heterocycles. The molecule has 2 aromatic carbocycles. The molecule has 0 bridgehead atoms. The molecule has 3 aromatic rings. The van der Waals surface area contributed by atoms with Gasteiger partial charge in [-0.15, -0.1) is 0 Å². The number of hydrogen-bond donors (Lipinski definition) is 5. The molecule has 180 valence electrons. The number of aromatic nitrogens is 1. The summed E-state index contributed by atoms with van der Waals surface area (Å²) in [6.45, 7) is 2.52. The third-order valence-electron chi connectivity index (χ3n) is 4.89. The Bertz CT molecular complexity index is 1160. The number of phenolic OH excluding ortho intramolecular Hbond substituents is 2. The fourth-order valence-electron chi connectivity index (χ4n) is 3.23. The molecule has 1 aromatic heterocycles. The predicted molar refractivity (Wildman–Crippen MR) is 123 cm³/mol. The van der Waals surface area contributed by atoms with Crippen LogP contribution in [0.4, 0.5) is 0 Å². The van der Waals surface area contributed by atoms with E-state index in [4.69, 9.17) is 26.1 Å². The summed E-state index contributed by atoms with van der Waals surface area (Å²) in [4.78, 5) is 23.6. The van der Waals surface area contributed by atoms with Gasteiger partial charge in [-0.3, -0.25) is 14.8 Å². The van der Waals surface area contributed by atoms with Crippen molar-refractivity contribution in [3.05, 3.63) is 47.1 Å². The van der Waals surface area contributed by atoms with Crippen LogP contribution in [-0.4, -0.2) is 45.5 Å². The standard InChI is InChI=1S/C23H24ClN3O7/c1-2-25-23(31)21-20(22(34-27-21)15-11-16(24)18(29)12-17(15)28)13-6-8-14(9-7-13)33-10-4-3-5-19(30)26-32/h6-9,11-12,28-29,32H,2-5,10H2,1H3,(H,25,31)(H,26,30). The smallest absolute Gasteiger partial charge is 0.274 e. The molecule has 11 heteroatoms. The zero-order valence-corrected chi connectivity index (χ0v) is 19.1. The molecule has 5 N–H and O–H groups in total. The number of unbranched alkanes of at least 4 members (excludes halogenated alkanes) is 1. The predicted octanol–water partition coefficient (Wildman–Crippen LogP) is 3.88. The highest BCUT2D eigenvalue weighted by molar-refractivity contribution is 6.32. The van der Waals surface area contributed by atoms with Gasteiger partial charge in [-0.05, 0) is 43.5 Å². The Morgan fingerprint density at radius 1 is 1.12 bits per heavy atom. The molecule has 34 heavy (non-hydrogen) atoms. The monoisotopic (exact) mass is 489 g/mol. The van der Waals surface area contributed by atoms with Gasteiger partial charge >= 0.3 is 0 Å². The molecule has 0 radical (unpaired) electrons. The maximum Gasteiger partial charge on any atom is 0.274 e. The average Bonchev–Trinajstić information content (AvgIpc) is 3.26. The van der Waals surface area contributed by atoms with Gasteiger partial charge in [0.1, 0.15) is 17.2 Å². The minimum Gasteiger partial charge on any atom is -0.507 e. The lowest BCUT2D eigenvalue weighted by Crippen LogP contribution is -2.23. The largest absolute Gasteiger partial charge is 0.507 e. The lowest BCUT2D eigenvalue weighted by molar-refractivity contribution is -0.129. The third kappa shape index (κ3) is 5.77. The topological polar surface area (TPSA) is 154 Å². The van der Waals surface area contributed by atoms with E-state index in [1.165, 1.54) is 6.07 Å². The van der Waals surface area contributed by atoms with Crippen LogP contribution in [0.1, 0.15) is 36.7 Å². The first-order chi connectivity index (χ1) is 16.3. The highest BCUT2D eigenvalue weighted by Crippen LogP contribution is 2.43.